The molecular weight excluding hydrogens is 433 g/mol. The zero-order chi connectivity index (χ0) is 21.8. The molecule has 3 N–H and O–H groups in total. The van der Waals surface area contributed by atoms with Gasteiger partial charge in [-0.05, 0) is 17.7 Å². The lowest BCUT2D eigenvalue weighted by molar-refractivity contribution is -0.140. The molecule has 3 aliphatic heterocycles. The van der Waals surface area contributed by atoms with E-state index in [2.05, 4.69) is 10.3 Å². The quantitative estimate of drug-likeness (QED) is 0.703. The lowest BCUT2D eigenvalue weighted by atomic mass is 10.0. The van der Waals surface area contributed by atoms with E-state index in [1.54, 1.807) is 17.2 Å². The molecule has 2 atom stereocenters. The second kappa shape index (κ2) is 7.50. The molecule has 11 heteroatoms. The first-order chi connectivity index (χ1) is 14.8. The highest BCUT2D eigenvalue weighted by Crippen LogP contribution is 2.37. The molecule has 0 aliphatic carbocycles. The molecule has 1 saturated heterocycles. The molecule has 0 bridgehead atoms. The fourth-order valence-corrected chi connectivity index (χ4v) is 5.10. The number of aromatic nitrogens is 1. The summed E-state index contributed by atoms with van der Waals surface area (Å²) in [5, 5.41) is 5.56. The Kier molecular flexibility index (Phi) is 4.91. The van der Waals surface area contributed by atoms with E-state index in [9.17, 15) is 18.0 Å². The van der Waals surface area contributed by atoms with Gasteiger partial charge in [0.2, 0.25) is 5.91 Å². The molecule has 1 amide bonds. The molecule has 2 aromatic rings. The number of pyridine rings is 1. The van der Waals surface area contributed by atoms with Crippen LogP contribution < -0.4 is 21.6 Å². The maximum Gasteiger partial charge on any atom is 0.417 e. The van der Waals surface area contributed by atoms with Crippen molar-refractivity contribution in [3.05, 3.63) is 43.6 Å². The molecular formula is C20H19F3N4O3S. The molecule has 5 heterocycles. The van der Waals surface area contributed by atoms with Gasteiger partial charge in [0.1, 0.15) is 11.9 Å². The minimum Gasteiger partial charge on any atom is -0.383 e. The van der Waals surface area contributed by atoms with Gasteiger partial charge in [0.15, 0.2) is 0 Å². The van der Waals surface area contributed by atoms with Crippen LogP contribution in [0.4, 0.5) is 19.0 Å². The Morgan fingerprint density at radius 3 is 2.87 bits per heavy atom. The number of ether oxygens (including phenoxy) is 2. The van der Waals surface area contributed by atoms with Crippen LogP contribution in [-0.4, -0.2) is 41.6 Å². The topological polar surface area (TPSA) is 89.7 Å². The summed E-state index contributed by atoms with van der Waals surface area (Å²) >= 11 is 0.984. The van der Waals surface area contributed by atoms with Crippen LogP contribution in [0.5, 0.6) is 0 Å². The van der Waals surface area contributed by atoms with Gasteiger partial charge in [0.25, 0.3) is 0 Å². The number of amides is 1. The second-order valence-corrected chi connectivity index (χ2v) is 8.50. The Balaban J connectivity index is 1.46. The largest absolute Gasteiger partial charge is 0.417 e. The third kappa shape index (κ3) is 3.56. The van der Waals surface area contributed by atoms with Crippen molar-refractivity contribution >= 4 is 35.3 Å². The summed E-state index contributed by atoms with van der Waals surface area (Å²) in [6, 6.07) is -0.150. The number of anilines is 1. The van der Waals surface area contributed by atoms with Crippen LogP contribution in [0.2, 0.25) is 0 Å². The number of rotatable bonds is 2. The van der Waals surface area contributed by atoms with Gasteiger partial charge in [-0.1, -0.05) is 0 Å². The number of fused-ring (bicyclic) bond motifs is 3. The van der Waals surface area contributed by atoms with E-state index in [0.717, 1.165) is 39.1 Å². The fraction of sp³-hybridized carbons (Fsp3) is 0.400. The number of halogens is 3. The number of morpholine rings is 1. The Morgan fingerprint density at radius 2 is 2.10 bits per heavy atom. The molecule has 3 aliphatic rings. The first kappa shape index (κ1) is 20.3. The molecule has 0 spiro atoms. The molecule has 0 aromatic carbocycles. The van der Waals surface area contributed by atoms with Gasteiger partial charge >= 0.3 is 6.18 Å². The number of nitrogen functional groups attached to an aromatic ring is 1. The minimum absolute atomic E-state index is 0.151. The Hall–Kier alpha value is -2.63. The molecule has 0 radical (unpaired) electrons. The van der Waals surface area contributed by atoms with Gasteiger partial charge in [-0.2, -0.15) is 13.2 Å². The first-order valence-corrected chi connectivity index (χ1v) is 10.6. The van der Waals surface area contributed by atoms with Gasteiger partial charge in [-0.3, -0.25) is 4.79 Å². The number of hydrogen-bond donors (Lipinski definition) is 2. The van der Waals surface area contributed by atoms with Crippen molar-refractivity contribution in [2.75, 3.05) is 25.5 Å². The lowest BCUT2D eigenvalue weighted by Crippen LogP contribution is -2.53. The van der Waals surface area contributed by atoms with E-state index in [1.165, 1.54) is 0 Å². The highest BCUT2D eigenvalue weighted by molar-refractivity contribution is 7.10. The van der Waals surface area contributed by atoms with Crippen molar-refractivity contribution in [2.24, 2.45) is 0 Å². The van der Waals surface area contributed by atoms with Crippen molar-refractivity contribution < 1.29 is 27.4 Å². The number of nitrogens with two attached hydrogens (primary N) is 1. The summed E-state index contributed by atoms with van der Waals surface area (Å²) in [4.78, 5) is 19.8. The Labute approximate surface area is 179 Å². The van der Waals surface area contributed by atoms with Crippen molar-refractivity contribution in [3.8, 4) is 0 Å². The van der Waals surface area contributed by atoms with E-state index in [-0.39, 0.29) is 12.5 Å². The van der Waals surface area contributed by atoms with Gasteiger partial charge < -0.3 is 25.4 Å². The number of nitrogens with zero attached hydrogens (tertiary/aromatic N) is 2. The normalized spacial score (nSPS) is 22.7. The van der Waals surface area contributed by atoms with E-state index in [0.29, 0.717) is 42.4 Å². The van der Waals surface area contributed by atoms with Gasteiger partial charge in [-0.25, -0.2) is 4.98 Å². The van der Waals surface area contributed by atoms with Crippen LogP contribution in [0, 0.1) is 0 Å². The van der Waals surface area contributed by atoms with Crippen LogP contribution in [0.1, 0.15) is 27.6 Å². The summed E-state index contributed by atoms with van der Waals surface area (Å²) in [7, 11) is 0. The number of alkyl halides is 3. The fourth-order valence-electron chi connectivity index (χ4n) is 4.09. The minimum atomic E-state index is -4.42. The number of carbonyl (C=O) groups excluding carboxylic acids is 1. The third-order valence-corrected chi connectivity index (χ3v) is 6.73. The summed E-state index contributed by atoms with van der Waals surface area (Å²) < 4.78 is 50.1. The predicted octanol–water partition coefficient (Wildman–Crippen LogP) is 0.865. The van der Waals surface area contributed by atoms with Crippen LogP contribution in [0.15, 0.2) is 11.4 Å². The highest BCUT2D eigenvalue weighted by atomic mass is 32.1. The Bertz CT molecular complexity index is 1160. The molecule has 164 valence electrons. The molecule has 31 heavy (non-hydrogen) atoms. The van der Waals surface area contributed by atoms with Crippen LogP contribution in [0.3, 0.4) is 0 Å². The monoisotopic (exact) mass is 452 g/mol. The molecule has 7 nitrogen and oxygen atoms in total. The van der Waals surface area contributed by atoms with Crippen LogP contribution >= 0.6 is 11.3 Å². The van der Waals surface area contributed by atoms with Crippen molar-refractivity contribution in [2.45, 2.75) is 31.5 Å². The molecule has 5 rings (SSSR count). The van der Waals surface area contributed by atoms with Crippen molar-refractivity contribution in [3.63, 3.8) is 0 Å². The smallest absolute Gasteiger partial charge is 0.383 e. The second-order valence-electron chi connectivity index (χ2n) is 7.56. The number of hydrogen-bond acceptors (Lipinski definition) is 7. The molecule has 1 fully saturated rings. The zero-order valence-electron chi connectivity index (χ0n) is 16.2. The predicted molar refractivity (Wildman–Crippen MR) is 107 cm³/mol. The van der Waals surface area contributed by atoms with E-state index >= 15 is 0 Å². The summed E-state index contributed by atoms with van der Waals surface area (Å²) in [6.07, 6.45) is -0.983. The van der Waals surface area contributed by atoms with E-state index in [4.69, 9.17) is 15.2 Å². The average Bonchev–Trinajstić information content (AvgIpc) is 3.43. The van der Waals surface area contributed by atoms with Gasteiger partial charge in [0, 0.05) is 33.8 Å². The molecule has 1 unspecified atom stereocenters. The maximum atomic E-state index is 13.4. The van der Waals surface area contributed by atoms with E-state index in [1.807, 2.05) is 0 Å². The van der Waals surface area contributed by atoms with Crippen LogP contribution in [0.25, 0.3) is 12.3 Å². The number of nitrogens with one attached hydrogen (secondary N) is 1. The first-order valence-electron chi connectivity index (χ1n) is 9.70. The maximum absolute atomic E-state index is 13.4. The van der Waals surface area contributed by atoms with Crippen molar-refractivity contribution in [1.29, 1.82) is 0 Å². The lowest BCUT2D eigenvalue weighted by Gasteiger charge is -2.37. The van der Waals surface area contributed by atoms with Crippen molar-refractivity contribution in [1.82, 2.24) is 15.2 Å². The zero-order valence-corrected chi connectivity index (χ0v) is 17.1. The standard InChI is InChI=1S/C20H19F3N4O3S/c21-20(22,23)10-3-17(31-9-10)16-8-29-2-1-27(16)19(28)14-4-11-12-6-30-7-13(12)18(24)26-15(11)5-25-14/h3-5,9,14,16,25H,1-2,6-8H2,(H2,24,26)/t14?,16-/m1/s1. The summed E-state index contributed by atoms with van der Waals surface area (Å²) in [5.74, 6) is 0.176. The number of thiophene rings is 1. The van der Waals surface area contributed by atoms with E-state index < -0.39 is 23.8 Å². The van der Waals surface area contributed by atoms with Gasteiger partial charge in [0.05, 0.1) is 43.4 Å². The molecule has 0 saturated carbocycles. The molecule has 2 aromatic heterocycles. The summed E-state index contributed by atoms with van der Waals surface area (Å²) in [6.45, 7) is 1.55. The SMILES string of the molecule is Nc1nc2c(c3c1COC3)=CC(C(=O)N1CCOC[C@@H]1c1cc(C(F)(F)F)cs1)NC=2. The average molecular weight is 452 g/mol. The van der Waals surface area contributed by atoms with Gasteiger partial charge in [-0.15, -0.1) is 11.3 Å². The Morgan fingerprint density at radius 1 is 1.29 bits per heavy atom. The summed E-state index contributed by atoms with van der Waals surface area (Å²) in [5.41, 5.74) is 7.04. The highest BCUT2D eigenvalue weighted by Gasteiger charge is 2.37. The third-order valence-electron chi connectivity index (χ3n) is 5.69. The van der Waals surface area contributed by atoms with Crippen LogP contribution in [-0.2, 0) is 33.7 Å². The number of carbonyl (C=O) groups is 1.